The van der Waals surface area contributed by atoms with Crippen molar-refractivity contribution in [2.45, 2.75) is 13.8 Å². The number of methoxy groups -OCH3 is 1. The normalized spacial score (nSPS) is 10.7. The van der Waals surface area contributed by atoms with Crippen LogP contribution in [0.25, 0.3) is 10.9 Å². The molecule has 0 fully saturated rings. The highest BCUT2D eigenvalue weighted by Crippen LogP contribution is 2.38. The monoisotopic (exact) mass is 372 g/mol. The van der Waals surface area contributed by atoms with Crippen LogP contribution in [0.2, 0.25) is 0 Å². The number of aromatic nitrogens is 1. The van der Waals surface area contributed by atoms with Gasteiger partial charge < -0.3 is 10.1 Å². The molecular formula is C13H14Br2N2O. The number of benzene rings is 1. The Balaban J connectivity index is 2.78. The summed E-state index contributed by atoms with van der Waals surface area (Å²) < 4.78 is 7.31. The molecule has 0 amide bonds. The van der Waals surface area contributed by atoms with Crippen LogP contribution in [0.3, 0.4) is 0 Å². The van der Waals surface area contributed by atoms with E-state index in [0.29, 0.717) is 0 Å². The first-order valence-electron chi connectivity index (χ1n) is 5.65. The molecule has 1 aromatic heterocycles. The van der Waals surface area contributed by atoms with Gasteiger partial charge in [0.1, 0.15) is 11.6 Å². The van der Waals surface area contributed by atoms with Gasteiger partial charge in [-0.15, -0.1) is 0 Å². The standard InChI is InChI=1S/C13H14Br2N2O/c1-4-16-13-7(2)5-8-11(17-13)9(14)6-10(15)12(8)18-3/h5-6H,4H2,1-3H3,(H,16,17). The highest BCUT2D eigenvalue weighted by Gasteiger charge is 2.13. The van der Waals surface area contributed by atoms with E-state index in [-0.39, 0.29) is 0 Å². The maximum Gasteiger partial charge on any atom is 0.142 e. The molecule has 2 rings (SSSR count). The quantitative estimate of drug-likeness (QED) is 0.859. The van der Waals surface area contributed by atoms with Crippen molar-refractivity contribution in [1.29, 1.82) is 0 Å². The van der Waals surface area contributed by atoms with Crippen molar-refractivity contribution in [3.8, 4) is 5.75 Å². The van der Waals surface area contributed by atoms with E-state index < -0.39 is 0 Å². The van der Waals surface area contributed by atoms with E-state index in [1.807, 2.05) is 13.0 Å². The summed E-state index contributed by atoms with van der Waals surface area (Å²) in [6.07, 6.45) is 0. The molecule has 96 valence electrons. The van der Waals surface area contributed by atoms with E-state index in [1.54, 1.807) is 7.11 Å². The Morgan fingerprint density at radius 3 is 2.61 bits per heavy atom. The number of ether oxygens (including phenoxy) is 1. The molecule has 0 aliphatic heterocycles. The van der Waals surface area contributed by atoms with Crippen LogP contribution in [0.1, 0.15) is 12.5 Å². The van der Waals surface area contributed by atoms with Crippen LogP contribution in [-0.4, -0.2) is 18.6 Å². The lowest BCUT2D eigenvalue weighted by Crippen LogP contribution is -2.02. The van der Waals surface area contributed by atoms with Gasteiger partial charge in [0.25, 0.3) is 0 Å². The third kappa shape index (κ3) is 2.34. The van der Waals surface area contributed by atoms with E-state index in [1.165, 1.54) is 0 Å². The number of hydrogen-bond donors (Lipinski definition) is 1. The molecule has 1 heterocycles. The first kappa shape index (κ1) is 13.6. The minimum Gasteiger partial charge on any atom is -0.495 e. The molecule has 5 heteroatoms. The van der Waals surface area contributed by atoms with Crippen LogP contribution in [0.5, 0.6) is 5.75 Å². The Bertz CT molecular complexity index is 599. The van der Waals surface area contributed by atoms with Crippen LogP contribution in [-0.2, 0) is 0 Å². The molecule has 1 N–H and O–H groups in total. The smallest absolute Gasteiger partial charge is 0.142 e. The van der Waals surface area contributed by atoms with Crippen LogP contribution >= 0.6 is 31.9 Å². The highest BCUT2D eigenvalue weighted by molar-refractivity contribution is 9.11. The summed E-state index contributed by atoms with van der Waals surface area (Å²) in [6.45, 7) is 4.95. The third-order valence-electron chi connectivity index (χ3n) is 2.70. The number of fused-ring (bicyclic) bond motifs is 1. The second-order valence-corrected chi connectivity index (χ2v) is 5.66. The van der Waals surface area contributed by atoms with Gasteiger partial charge in [-0.25, -0.2) is 4.98 Å². The van der Waals surface area contributed by atoms with E-state index in [9.17, 15) is 0 Å². The first-order valence-corrected chi connectivity index (χ1v) is 7.24. The fourth-order valence-corrected chi connectivity index (χ4v) is 3.34. The van der Waals surface area contributed by atoms with Crippen LogP contribution in [0.4, 0.5) is 5.82 Å². The van der Waals surface area contributed by atoms with E-state index in [4.69, 9.17) is 4.74 Å². The second kappa shape index (κ2) is 5.45. The fourth-order valence-electron chi connectivity index (χ4n) is 1.90. The van der Waals surface area contributed by atoms with Crippen LogP contribution in [0.15, 0.2) is 21.1 Å². The van der Waals surface area contributed by atoms with Gasteiger partial charge in [0.2, 0.25) is 0 Å². The molecule has 0 spiro atoms. The number of rotatable bonds is 3. The van der Waals surface area contributed by atoms with Gasteiger partial charge in [-0.1, -0.05) is 0 Å². The summed E-state index contributed by atoms with van der Waals surface area (Å²) in [4.78, 5) is 4.65. The molecule has 0 unspecified atom stereocenters. The largest absolute Gasteiger partial charge is 0.495 e. The predicted molar refractivity (Wildman–Crippen MR) is 82.6 cm³/mol. The van der Waals surface area contributed by atoms with Crippen molar-refractivity contribution in [3.63, 3.8) is 0 Å². The molecule has 0 saturated carbocycles. The van der Waals surface area contributed by atoms with E-state index in [2.05, 4.69) is 55.2 Å². The van der Waals surface area contributed by atoms with Gasteiger partial charge in [-0.2, -0.15) is 0 Å². The lowest BCUT2D eigenvalue weighted by atomic mass is 10.1. The molecule has 0 saturated heterocycles. The number of nitrogens with zero attached hydrogens (tertiary/aromatic N) is 1. The third-order valence-corrected chi connectivity index (χ3v) is 3.90. The molecule has 0 aliphatic rings. The summed E-state index contributed by atoms with van der Waals surface area (Å²) in [7, 11) is 1.67. The zero-order valence-corrected chi connectivity index (χ0v) is 13.6. The lowest BCUT2D eigenvalue weighted by molar-refractivity contribution is 0.417. The SMILES string of the molecule is CCNc1nc2c(Br)cc(Br)c(OC)c2cc1C. The summed E-state index contributed by atoms with van der Waals surface area (Å²) in [5.41, 5.74) is 2.00. The lowest BCUT2D eigenvalue weighted by Gasteiger charge is -2.13. The van der Waals surface area contributed by atoms with Gasteiger partial charge in [0.15, 0.2) is 0 Å². The molecule has 18 heavy (non-hydrogen) atoms. The Kier molecular flexibility index (Phi) is 4.12. The summed E-state index contributed by atoms with van der Waals surface area (Å²) in [6, 6.07) is 4.05. The Morgan fingerprint density at radius 2 is 2.00 bits per heavy atom. The van der Waals surface area contributed by atoms with Crippen molar-refractivity contribution in [1.82, 2.24) is 4.98 Å². The van der Waals surface area contributed by atoms with E-state index in [0.717, 1.165) is 43.5 Å². The maximum atomic E-state index is 5.44. The summed E-state index contributed by atoms with van der Waals surface area (Å²) >= 11 is 7.05. The molecule has 2 aromatic rings. The van der Waals surface area contributed by atoms with Crippen molar-refractivity contribution in [2.24, 2.45) is 0 Å². The van der Waals surface area contributed by atoms with Crippen molar-refractivity contribution < 1.29 is 4.74 Å². The summed E-state index contributed by atoms with van der Waals surface area (Å²) in [5, 5.41) is 4.26. The van der Waals surface area contributed by atoms with Gasteiger partial charge in [-0.05, 0) is 63.4 Å². The zero-order valence-electron chi connectivity index (χ0n) is 10.5. The second-order valence-electron chi connectivity index (χ2n) is 3.95. The van der Waals surface area contributed by atoms with Gasteiger partial charge in [0, 0.05) is 16.4 Å². The Hall–Kier alpha value is -0.810. The molecule has 3 nitrogen and oxygen atoms in total. The predicted octanol–water partition coefficient (Wildman–Crippen LogP) is 4.51. The average Bonchev–Trinajstić information content (AvgIpc) is 2.32. The number of pyridine rings is 1. The van der Waals surface area contributed by atoms with Crippen molar-refractivity contribution in [3.05, 3.63) is 26.6 Å². The van der Waals surface area contributed by atoms with Gasteiger partial charge in [0.05, 0.1) is 17.1 Å². The van der Waals surface area contributed by atoms with Crippen molar-refractivity contribution in [2.75, 3.05) is 19.0 Å². The molecular weight excluding hydrogens is 360 g/mol. The fraction of sp³-hybridized carbons (Fsp3) is 0.308. The van der Waals surface area contributed by atoms with Crippen molar-refractivity contribution >= 4 is 48.6 Å². The highest BCUT2D eigenvalue weighted by atomic mass is 79.9. The summed E-state index contributed by atoms with van der Waals surface area (Å²) in [5.74, 6) is 1.72. The number of nitrogens with one attached hydrogen (secondary N) is 1. The Morgan fingerprint density at radius 1 is 1.28 bits per heavy atom. The molecule has 1 aromatic carbocycles. The van der Waals surface area contributed by atoms with Gasteiger partial charge in [-0.3, -0.25) is 0 Å². The number of hydrogen-bond acceptors (Lipinski definition) is 3. The number of halogens is 2. The minimum absolute atomic E-state index is 0.812. The topological polar surface area (TPSA) is 34.2 Å². The van der Waals surface area contributed by atoms with Gasteiger partial charge >= 0.3 is 0 Å². The zero-order chi connectivity index (χ0) is 13.3. The first-order chi connectivity index (χ1) is 8.58. The number of anilines is 1. The van der Waals surface area contributed by atoms with Crippen LogP contribution in [0, 0.1) is 6.92 Å². The molecule has 0 aliphatic carbocycles. The minimum atomic E-state index is 0.812. The average molecular weight is 374 g/mol. The van der Waals surface area contributed by atoms with Crippen LogP contribution < -0.4 is 10.1 Å². The molecule has 0 atom stereocenters. The maximum absolute atomic E-state index is 5.44. The molecule has 0 radical (unpaired) electrons. The number of aryl methyl sites for hydroxylation is 1. The van der Waals surface area contributed by atoms with E-state index >= 15 is 0 Å². The molecule has 0 bridgehead atoms. The Labute approximate surface area is 123 Å².